The molecule has 1 unspecified atom stereocenters. The van der Waals surface area contributed by atoms with Gasteiger partial charge in [-0.2, -0.15) is 5.10 Å². The van der Waals surface area contributed by atoms with Gasteiger partial charge in [-0.25, -0.2) is 4.98 Å². The number of aliphatic hydroxyl groups excluding tert-OH is 1. The number of nitrogens with zero attached hydrogens (tertiary/aromatic N) is 4. The van der Waals surface area contributed by atoms with Crippen LogP contribution in [0.5, 0.6) is 5.75 Å². The quantitative estimate of drug-likeness (QED) is 0.860. The Bertz CT molecular complexity index is 511. The summed E-state index contributed by atoms with van der Waals surface area (Å²) in [6.07, 6.45) is 5.25. The highest BCUT2D eigenvalue weighted by molar-refractivity contribution is 5.32. The fourth-order valence-corrected chi connectivity index (χ4v) is 2.19. The summed E-state index contributed by atoms with van der Waals surface area (Å²) in [5, 5.41) is 14.8. The van der Waals surface area contributed by atoms with E-state index in [1.807, 2.05) is 11.5 Å². The maximum atomic E-state index is 10.6. The minimum Gasteiger partial charge on any atom is -0.493 e. The van der Waals surface area contributed by atoms with Gasteiger partial charge in [-0.3, -0.25) is 4.68 Å². The average Bonchev–Trinajstić information content (AvgIpc) is 3.03. The smallest absolute Gasteiger partial charge is 0.163 e. The molecule has 0 bridgehead atoms. The lowest BCUT2D eigenvalue weighted by Gasteiger charge is -2.16. The highest BCUT2D eigenvalue weighted by atomic mass is 16.5. The van der Waals surface area contributed by atoms with Gasteiger partial charge in [-0.1, -0.05) is 6.92 Å². The fraction of sp³-hybridized carbons (Fsp3) is 0.538. The van der Waals surface area contributed by atoms with Gasteiger partial charge >= 0.3 is 0 Å². The molecule has 2 aromatic rings. The van der Waals surface area contributed by atoms with Gasteiger partial charge in [0.15, 0.2) is 5.75 Å². The second kappa shape index (κ2) is 5.88. The van der Waals surface area contributed by atoms with Crippen molar-refractivity contribution in [3.05, 3.63) is 30.1 Å². The molecule has 19 heavy (non-hydrogen) atoms. The van der Waals surface area contributed by atoms with Crippen LogP contribution in [0.15, 0.2) is 18.7 Å². The van der Waals surface area contributed by atoms with Crippen molar-refractivity contribution in [2.45, 2.75) is 39.5 Å². The maximum Gasteiger partial charge on any atom is 0.163 e. The molecule has 104 valence electrons. The van der Waals surface area contributed by atoms with Crippen LogP contribution < -0.4 is 4.74 Å². The van der Waals surface area contributed by atoms with E-state index in [1.165, 1.54) is 0 Å². The zero-order valence-corrected chi connectivity index (χ0v) is 11.6. The zero-order valence-electron chi connectivity index (χ0n) is 11.6. The highest BCUT2D eigenvalue weighted by Crippen LogP contribution is 2.29. The van der Waals surface area contributed by atoms with Crippen LogP contribution in [0, 0.1) is 0 Å². The van der Waals surface area contributed by atoms with Crippen LogP contribution in [0.1, 0.15) is 37.8 Å². The third kappa shape index (κ3) is 2.49. The van der Waals surface area contributed by atoms with E-state index in [4.69, 9.17) is 4.74 Å². The van der Waals surface area contributed by atoms with Gasteiger partial charge in [0.25, 0.3) is 0 Å². The monoisotopic (exact) mass is 264 g/mol. The largest absolute Gasteiger partial charge is 0.493 e. The van der Waals surface area contributed by atoms with Crippen molar-refractivity contribution >= 4 is 0 Å². The Morgan fingerprint density at radius 2 is 2.16 bits per heavy atom. The van der Waals surface area contributed by atoms with E-state index >= 15 is 0 Å². The highest BCUT2D eigenvalue weighted by Gasteiger charge is 2.23. The molecular formula is C13H20N4O2. The Balaban J connectivity index is 2.40. The number of aromatic nitrogens is 4. The number of hydrogen-bond acceptors (Lipinski definition) is 4. The van der Waals surface area contributed by atoms with Crippen LogP contribution in [0.25, 0.3) is 0 Å². The molecule has 2 heterocycles. The van der Waals surface area contributed by atoms with Crippen molar-refractivity contribution in [2.24, 2.45) is 0 Å². The first-order valence-corrected chi connectivity index (χ1v) is 6.50. The molecule has 0 aliphatic heterocycles. The Hall–Kier alpha value is -1.82. The molecule has 0 amide bonds. The molecule has 0 radical (unpaired) electrons. The fourth-order valence-electron chi connectivity index (χ4n) is 2.19. The minimum absolute atomic E-state index is 0.596. The number of aliphatic hydroxyl groups is 1. The molecule has 1 atom stereocenters. The zero-order chi connectivity index (χ0) is 13.8. The third-order valence-electron chi connectivity index (χ3n) is 3.11. The summed E-state index contributed by atoms with van der Waals surface area (Å²) in [5.41, 5.74) is 1.43. The molecule has 2 rings (SSSR count). The standard InChI is InChI=1S/C13H20N4O2/c1-4-6-16-9-14-7-10(16)13(18)12-11(19-3)8-15-17(12)5-2/h7-9,13,18H,4-6H2,1-3H3. The Labute approximate surface area is 112 Å². The molecule has 0 aromatic carbocycles. The first-order valence-electron chi connectivity index (χ1n) is 6.50. The lowest BCUT2D eigenvalue weighted by molar-refractivity contribution is 0.193. The van der Waals surface area contributed by atoms with Crippen molar-refractivity contribution in [3.63, 3.8) is 0 Å². The van der Waals surface area contributed by atoms with E-state index in [2.05, 4.69) is 17.0 Å². The molecule has 0 spiro atoms. The summed E-state index contributed by atoms with van der Waals surface area (Å²) in [6, 6.07) is 0. The topological polar surface area (TPSA) is 65.1 Å². The first kappa shape index (κ1) is 13.6. The average molecular weight is 264 g/mol. The number of aryl methyl sites for hydroxylation is 2. The molecule has 6 heteroatoms. The van der Waals surface area contributed by atoms with E-state index in [0.717, 1.165) is 18.7 Å². The van der Waals surface area contributed by atoms with Crippen LogP contribution in [-0.4, -0.2) is 31.5 Å². The second-order valence-corrected chi connectivity index (χ2v) is 4.33. The lowest BCUT2D eigenvalue weighted by atomic mass is 10.2. The van der Waals surface area contributed by atoms with Crippen LogP contribution in [0.4, 0.5) is 0 Å². The summed E-state index contributed by atoms with van der Waals surface area (Å²) in [5.74, 6) is 0.596. The van der Waals surface area contributed by atoms with E-state index in [1.54, 1.807) is 30.5 Å². The summed E-state index contributed by atoms with van der Waals surface area (Å²) in [6.45, 7) is 5.58. The van der Waals surface area contributed by atoms with Gasteiger partial charge in [0.1, 0.15) is 11.8 Å². The number of ether oxygens (including phenoxy) is 1. The Kier molecular flexibility index (Phi) is 4.21. The van der Waals surface area contributed by atoms with Crippen molar-refractivity contribution in [1.82, 2.24) is 19.3 Å². The molecular weight excluding hydrogens is 244 g/mol. The van der Waals surface area contributed by atoms with Gasteiger partial charge in [0.05, 0.1) is 31.5 Å². The van der Waals surface area contributed by atoms with Crippen LogP contribution in [0.3, 0.4) is 0 Å². The molecule has 0 aliphatic carbocycles. The number of rotatable bonds is 6. The predicted octanol–water partition coefficient (Wildman–Crippen LogP) is 1.60. The van der Waals surface area contributed by atoms with E-state index < -0.39 is 6.10 Å². The number of imidazole rings is 1. The van der Waals surface area contributed by atoms with E-state index in [9.17, 15) is 5.11 Å². The summed E-state index contributed by atoms with van der Waals surface area (Å²) >= 11 is 0. The lowest BCUT2D eigenvalue weighted by Crippen LogP contribution is -2.14. The van der Waals surface area contributed by atoms with Gasteiger partial charge in [0, 0.05) is 13.1 Å². The summed E-state index contributed by atoms with van der Waals surface area (Å²) < 4.78 is 8.97. The summed E-state index contributed by atoms with van der Waals surface area (Å²) in [4.78, 5) is 4.12. The molecule has 1 N–H and O–H groups in total. The number of hydrogen-bond donors (Lipinski definition) is 1. The third-order valence-corrected chi connectivity index (χ3v) is 3.11. The molecule has 6 nitrogen and oxygen atoms in total. The Morgan fingerprint density at radius 3 is 2.79 bits per heavy atom. The predicted molar refractivity (Wildman–Crippen MR) is 71.0 cm³/mol. The SMILES string of the molecule is CCCn1cncc1C(O)c1c(OC)cnn1CC. The Morgan fingerprint density at radius 1 is 1.37 bits per heavy atom. The van der Waals surface area contributed by atoms with Gasteiger partial charge < -0.3 is 14.4 Å². The number of methoxy groups -OCH3 is 1. The van der Waals surface area contributed by atoms with E-state index in [0.29, 0.717) is 18.0 Å². The van der Waals surface area contributed by atoms with Crippen LogP contribution in [0.2, 0.25) is 0 Å². The van der Waals surface area contributed by atoms with Crippen molar-refractivity contribution in [2.75, 3.05) is 7.11 Å². The maximum absolute atomic E-state index is 10.6. The molecule has 0 aliphatic rings. The van der Waals surface area contributed by atoms with Crippen LogP contribution >= 0.6 is 0 Å². The molecule has 0 fully saturated rings. The molecule has 0 saturated carbocycles. The van der Waals surface area contributed by atoms with Crippen molar-refractivity contribution in [1.29, 1.82) is 0 Å². The second-order valence-electron chi connectivity index (χ2n) is 4.33. The molecule has 0 saturated heterocycles. The van der Waals surface area contributed by atoms with Gasteiger partial charge in [0.2, 0.25) is 0 Å². The van der Waals surface area contributed by atoms with Gasteiger partial charge in [-0.15, -0.1) is 0 Å². The van der Waals surface area contributed by atoms with Crippen molar-refractivity contribution in [3.8, 4) is 5.75 Å². The molecule has 2 aromatic heterocycles. The van der Waals surface area contributed by atoms with Gasteiger partial charge in [-0.05, 0) is 13.3 Å². The summed E-state index contributed by atoms with van der Waals surface area (Å²) in [7, 11) is 1.58. The van der Waals surface area contributed by atoms with Crippen molar-refractivity contribution < 1.29 is 9.84 Å². The first-order chi connectivity index (χ1) is 9.22. The minimum atomic E-state index is -0.786. The van der Waals surface area contributed by atoms with E-state index in [-0.39, 0.29) is 0 Å². The normalized spacial score (nSPS) is 12.6. The van der Waals surface area contributed by atoms with Crippen LogP contribution in [-0.2, 0) is 13.1 Å².